The van der Waals surface area contributed by atoms with Crippen LogP contribution in [-0.2, 0) is 4.79 Å². The van der Waals surface area contributed by atoms with Crippen molar-refractivity contribution in [2.75, 3.05) is 45.9 Å². The van der Waals surface area contributed by atoms with E-state index in [4.69, 9.17) is 22.1 Å². The number of para-hydroxylation sites is 1. The van der Waals surface area contributed by atoms with Gasteiger partial charge < -0.3 is 15.4 Å². The number of hydrogen-bond donors (Lipinski definition) is 1. The summed E-state index contributed by atoms with van der Waals surface area (Å²) in [5, 5.41) is 0.637. The van der Waals surface area contributed by atoms with E-state index in [1.54, 1.807) is 0 Å². The van der Waals surface area contributed by atoms with E-state index in [1.165, 1.54) is 0 Å². The highest BCUT2D eigenvalue weighted by atomic mass is 35.5. The first-order valence-electron chi connectivity index (χ1n) is 7.78. The summed E-state index contributed by atoms with van der Waals surface area (Å²) in [5.74, 6) is 0.942. The van der Waals surface area contributed by atoms with Gasteiger partial charge in [0.2, 0.25) is 5.91 Å². The number of benzene rings is 1. The molecule has 0 saturated carbocycles. The predicted molar refractivity (Wildman–Crippen MR) is 103 cm³/mol. The van der Waals surface area contributed by atoms with Crippen molar-refractivity contribution in [3.05, 3.63) is 29.3 Å². The summed E-state index contributed by atoms with van der Waals surface area (Å²) in [6.45, 7) is 5.37. The molecule has 5 nitrogen and oxygen atoms in total. The fraction of sp³-hybridized carbons (Fsp3) is 0.562. The number of hydrogen-bond acceptors (Lipinski definition) is 4. The molecule has 0 bridgehead atoms. The van der Waals surface area contributed by atoms with Crippen LogP contribution in [-0.4, -0.2) is 61.6 Å². The topological polar surface area (TPSA) is 58.8 Å². The molecule has 1 aromatic rings. The summed E-state index contributed by atoms with van der Waals surface area (Å²) in [6, 6.07) is 7.49. The van der Waals surface area contributed by atoms with Gasteiger partial charge in [-0.3, -0.25) is 9.69 Å². The molecule has 8 heteroatoms. The number of halogens is 3. The van der Waals surface area contributed by atoms with Crippen molar-refractivity contribution in [3.63, 3.8) is 0 Å². The van der Waals surface area contributed by atoms with Gasteiger partial charge in [0.25, 0.3) is 0 Å². The van der Waals surface area contributed by atoms with Crippen LogP contribution in [0.4, 0.5) is 0 Å². The van der Waals surface area contributed by atoms with Crippen LogP contribution in [0.1, 0.15) is 12.8 Å². The Morgan fingerprint density at radius 3 is 2.46 bits per heavy atom. The first-order chi connectivity index (χ1) is 10.7. The number of nitrogens with zero attached hydrogens (tertiary/aromatic N) is 2. The van der Waals surface area contributed by atoms with Crippen LogP contribution < -0.4 is 10.5 Å². The first-order valence-corrected chi connectivity index (χ1v) is 8.16. The SMILES string of the molecule is Cl.Cl.NCCCC(=O)N1CCN(CCOc2ccccc2Cl)CC1. The number of amides is 1. The Morgan fingerprint density at radius 2 is 1.83 bits per heavy atom. The van der Waals surface area contributed by atoms with E-state index in [1.807, 2.05) is 29.2 Å². The average Bonchev–Trinajstić information content (AvgIpc) is 2.55. The molecule has 1 fully saturated rings. The maximum atomic E-state index is 11.9. The Kier molecular flexibility index (Phi) is 12.2. The molecule has 2 rings (SSSR count). The van der Waals surface area contributed by atoms with Gasteiger partial charge in [-0.05, 0) is 25.1 Å². The maximum Gasteiger partial charge on any atom is 0.222 e. The van der Waals surface area contributed by atoms with Gasteiger partial charge in [0.15, 0.2) is 0 Å². The van der Waals surface area contributed by atoms with Gasteiger partial charge in [-0.1, -0.05) is 23.7 Å². The average molecular weight is 399 g/mol. The molecule has 1 aliphatic heterocycles. The molecular formula is C16H26Cl3N3O2. The molecule has 1 saturated heterocycles. The fourth-order valence-electron chi connectivity index (χ4n) is 2.48. The Bertz CT molecular complexity index is 483. The second-order valence-corrected chi connectivity index (χ2v) is 5.80. The van der Waals surface area contributed by atoms with Crippen molar-refractivity contribution in [1.82, 2.24) is 9.80 Å². The number of rotatable bonds is 7. The number of piperazine rings is 1. The number of ether oxygens (including phenoxy) is 1. The van der Waals surface area contributed by atoms with Crippen molar-refractivity contribution in [3.8, 4) is 5.75 Å². The Morgan fingerprint density at radius 1 is 1.17 bits per heavy atom. The van der Waals surface area contributed by atoms with Crippen molar-refractivity contribution in [2.24, 2.45) is 5.73 Å². The molecule has 2 N–H and O–H groups in total. The van der Waals surface area contributed by atoms with Gasteiger partial charge in [0.1, 0.15) is 12.4 Å². The summed E-state index contributed by atoms with van der Waals surface area (Å²) >= 11 is 6.05. The van der Waals surface area contributed by atoms with Crippen molar-refractivity contribution < 1.29 is 9.53 Å². The molecule has 0 radical (unpaired) electrons. The molecule has 24 heavy (non-hydrogen) atoms. The molecule has 138 valence electrons. The third-order valence-corrected chi connectivity index (χ3v) is 4.13. The highest BCUT2D eigenvalue weighted by Gasteiger charge is 2.20. The molecule has 0 aliphatic carbocycles. The minimum absolute atomic E-state index is 0. The lowest BCUT2D eigenvalue weighted by Crippen LogP contribution is -2.49. The van der Waals surface area contributed by atoms with Gasteiger partial charge in [-0.15, -0.1) is 24.8 Å². The quantitative estimate of drug-likeness (QED) is 0.766. The number of carbonyl (C=O) groups excluding carboxylic acids is 1. The second-order valence-electron chi connectivity index (χ2n) is 5.39. The van der Waals surface area contributed by atoms with Gasteiger partial charge in [0, 0.05) is 39.1 Å². The van der Waals surface area contributed by atoms with Crippen LogP contribution >= 0.6 is 36.4 Å². The summed E-state index contributed by atoms with van der Waals surface area (Å²) in [6.07, 6.45) is 1.33. The summed E-state index contributed by atoms with van der Waals surface area (Å²) < 4.78 is 5.70. The van der Waals surface area contributed by atoms with Crippen LogP contribution in [0.5, 0.6) is 5.75 Å². The molecule has 1 aromatic carbocycles. The van der Waals surface area contributed by atoms with Crippen LogP contribution in [0.3, 0.4) is 0 Å². The highest BCUT2D eigenvalue weighted by Crippen LogP contribution is 2.22. The van der Waals surface area contributed by atoms with E-state index in [0.717, 1.165) is 44.9 Å². The van der Waals surface area contributed by atoms with E-state index < -0.39 is 0 Å². The highest BCUT2D eigenvalue weighted by molar-refractivity contribution is 6.32. The van der Waals surface area contributed by atoms with E-state index in [2.05, 4.69) is 4.90 Å². The molecule has 1 amide bonds. The van der Waals surface area contributed by atoms with Crippen LogP contribution in [0, 0.1) is 0 Å². The summed E-state index contributed by atoms with van der Waals surface area (Å²) in [4.78, 5) is 16.2. The first kappa shape index (κ1) is 23.3. The third-order valence-electron chi connectivity index (χ3n) is 3.82. The van der Waals surface area contributed by atoms with Crippen molar-refractivity contribution in [1.29, 1.82) is 0 Å². The molecule has 0 atom stereocenters. The molecule has 0 spiro atoms. The maximum absolute atomic E-state index is 11.9. The Labute approximate surface area is 161 Å². The summed E-state index contributed by atoms with van der Waals surface area (Å²) in [7, 11) is 0. The van der Waals surface area contributed by atoms with Crippen molar-refractivity contribution in [2.45, 2.75) is 12.8 Å². The lowest BCUT2D eigenvalue weighted by Gasteiger charge is -2.34. The molecule has 1 aliphatic rings. The normalized spacial score (nSPS) is 14.5. The van der Waals surface area contributed by atoms with Gasteiger partial charge in [-0.2, -0.15) is 0 Å². The Hall–Kier alpha value is -0.720. The van der Waals surface area contributed by atoms with Gasteiger partial charge >= 0.3 is 0 Å². The number of carbonyl (C=O) groups is 1. The lowest BCUT2D eigenvalue weighted by atomic mass is 10.2. The zero-order valence-electron chi connectivity index (χ0n) is 13.7. The minimum Gasteiger partial charge on any atom is -0.491 e. The molecule has 0 aromatic heterocycles. The smallest absolute Gasteiger partial charge is 0.222 e. The van der Waals surface area contributed by atoms with Crippen LogP contribution in [0.25, 0.3) is 0 Å². The monoisotopic (exact) mass is 397 g/mol. The fourth-order valence-corrected chi connectivity index (χ4v) is 2.67. The molecule has 0 unspecified atom stereocenters. The lowest BCUT2D eigenvalue weighted by molar-refractivity contribution is -0.133. The van der Waals surface area contributed by atoms with Crippen LogP contribution in [0.2, 0.25) is 5.02 Å². The van der Waals surface area contributed by atoms with Crippen molar-refractivity contribution >= 4 is 42.3 Å². The molecular weight excluding hydrogens is 373 g/mol. The van der Waals surface area contributed by atoms with Gasteiger partial charge in [-0.25, -0.2) is 0 Å². The predicted octanol–water partition coefficient (Wildman–Crippen LogP) is 2.45. The second kappa shape index (κ2) is 12.6. The van der Waals surface area contributed by atoms with Crippen LogP contribution in [0.15, 0.2) is 24.3 Å². The minimum atomic E-state index is 0. The summed E-state index contributed by atoms with van der Waals surface area (Å²) in [5.41, 5.74) is 5.44. The number of nitrogens with two attached hydrogens (primary N) is 1. The zero-order chi connectivity index (χ0) is 15.8. The standard InChI is InChI=1S/C16H24ClN3O2.2ClH/c17-14-4-1-2-5-15(14)22-13-12-19-8-10-20(11-9-19)16(21)6-3-7-18;;/h1-2,4-5H,3,6-13,18H2;2*1H. The van der Waals surface area contributed by atoms with E-state index in [-0.39, 0.29) is 30.7 Å². The largest absolute Gasteiger partial charge is 0.491 e. The van der Waals surface area contributed by atoms with Gasteiger partial charge in [0.05, 0.1) is 5.02 Å². The van der Waals surface area contributed by atoms with E-state index in [0.29, 0.717) is 24.6 Å². The third kappa shape index (κ3) is 7.45. The Balaban J connectivity index is 0.00000264. The van der Waals surface area contributed by atoms with E-state index >= 15 is 0 Å². The van der Waals surface area contributed by atoms with E-state index in [9.17, 15) is 4.79 Å². The molecule has 1 heterocycles. The zero-order valence-corrected chi connectivity index (χ0v) is 16.0.